The Kier molecular flexibility index (Phi) is 6.85. The molecule has 0 aliphatic carbocycles. The Morgan fingerprint density at radius 1 is 1.17 bits per heavy atom. The Balaban J connectivity index is 1.62. The fraction of sp³-hybridized carbons (Fsp3) is 0.174. The molecule has 1 aromatic heterocycles. The minimum Gasteiger partial charge on any atom is -0.493 e. The number of aromatic nitrogens is 2. The zero-order chi connectivity index (χ0) is 21.3. The highest BCUT2D eigenvalue weighted by Gasteiger charge is 2.07. The van der Waals surface area contributed by atoms with Gasteiger partial charge in [0.05, 0.1) is 7.11 Å². The summed E-state index contributed by atoms with van der Waals surface area (Å²) >= 11 is 0. The molecule has 0 fully saturated rings. The summed E-state index contributed by atoms with van der Waals surface area (Å²) in [5.74, 6) is 2.32. The lowest BCUT2D eigenvalue weighted by atomic mass is 10.1. The van der Waals surface area contributed by atoms with Crippen molar-refractivity contribution in [2.75, 3.05) is 13.7 Å². The maximum atomic E-state index is 12.4. The van der Waals surface area contributed by atoms with Crippen molar-refractivity contribution in [3.8, 4) is 23.3 Å². The fourth-order valence-electron chi connectivity index (χ4n) is 2.68. The fourth-order valence-corrected chi connectivity index (χ4v) is 2.68. The number of hydrogen-bond donors (Lipinski definition) is 0. The van der Waals surface area contributed by atoms with E-state index in [1.807, 2.05) is 23.9 Å². The Morgan fingerprint density at radius 2 is 1.97 bits per heavy atom. The molecule has 0 amide bonds. The van der Waals surface area contributed by atoms with E-state index in [0.29, 0.717) is 29.4 Å². The van der Waals surface area contributed by atoms with Gasteiger partial charge in [-0.2, -0.15) is 5.26 Å². The van der Waals surface area contributed by atoms with Crippen molar-refractivity contribution in [1.82, 2.24) is 9.55 Å². The van der Waals surface area contributed by atoms with Crippen LogP contribution in [0, 0.1) is 11.3 Å². The highest BCUT2D eigenvalue weighted by Crippen LogP contribution is 2.28. The predicted molar refractivity (Wildman–Crippen MR) is 111 cm³/mol. The Morgan fingerprint density at radius 3 is 2.63 bits per heavy atom. The van der Waals surface area contributed by atoms with E-state index < -0.39 is 0 Å². The molecule has 1 heterocycles. The first-order valence-corrected chi connectivity index (χ1v) is 9.20. The second kappa shape index (κ2) is 9.94. The first-order valence-electron chi connectivity index (χ1n) is 9.20. The van der Waals surface area contributed by atoms with Gasteiger partial charge in [-0.25, -0.2) is 4.98 Å². The first-order chi connectivity index (χ1) is 14.6. The van der Waals surface area contributed by atoms with Crippen LogP contribution in [0.2, 0.25) is 0 Å². The molecule has 0 N–H and O–H groups in total. The molecule has 3 rings (SSSR count). The molecule has 0 bridgehead atoms. The molecule has 7 nitrogen and oxygen atoms in total. The molecule has 0 saturated carbocycles. The van der Waals surface area contributed by atoms with Gasteiger partial charge in [-0.1, -0.05) is 12.1 Å². The number of rotatable bonds is 9. The van der Waals surface area contributed by atoms with Gasteiger partial charge in [0.15, 0.2) is 23.9 Å². The second-order valence-electron chi connectivity index (χ2n) is 6.32. The Labute approximate surface area is 174 Å². The van der Waals surface area contributed by atoms with Crippen LogP contribution >= 0.6 is 0 Å². The SMILES string of the molecule is COc1cc(/C=C/C(=O)c2ccc(OCc3nccn3C)cc2)ccc1OCC#N. The van der Waals surface area contributed by atoms with Gasteiger partial charge in [0, 0.05) is 25.0 Å². The third-order valence-corrected chi connectivity index (χ3v) is 4.33. The van der Waals surface area contributed by atoms with Crippen molar-refractivity contribution in [2.45, 2.75) is 6.61 Å². The molecule has 152 valence electrons. The van der Waals surface area contributed by atoms with Crippen LogP contribution < -0.4 is 14.2 Å². The number of nitriles is 1. The molecular weight excluding hydrogens is 382 g/mol. The van der Waals surface area contributed by atoms with E-state index in [4.69, 9.17) is 19.5 Å². The van der Waals surface area contributed by atoms with Gasteiger partial charge in [-0.05, 0) is 48.0 Å². The number of benzene rings is 2. The average Bonchev–Trinajstić information content (AvgIpc) is 3.19. The quantitative estimate of drug-likeness (QED) is 0.399. The van der Waals surface area contributed by atoms with Gasteiger partial charge in [-0.3, -0.25) is 4.79 Å². The average molecular weight is 403 g/mol. The summed E-state index contributed by atoms with van der Waals surface area (Å²) in [5, 5.41) is 8.62. The number of nitrogens with zero attached hydrogens (tertiary/aromatic N) is 3. The molecule has 30 heavy (non-hydrogen) atoms. The zero-order valence-corrected chi connectivity index (χ0v) is 16.7. The summed E-state index contributed by atoms with van der Waals surface area (Å²) in [4.78, 5) is 16.7. The molecule has 0 atom stereocenters. The first kappa shape index (κ1) is 20.7. The number of ketones is 1. The second-order valence-corrected chi connectivity index (χ2v) is 6.32. The minimum absolute atomic E-state index is 0.0640. The van der Waals surface area contributed by atoms with Crippen LogP contribution in [-0.2, 0) is 13.7 Å². The van der Waals surface area contributed by atoms with Crippen LogP contribution in [0.4, 0.5) is 0 Å². The van der Waals surface area contributed by atoms with Gasteiger partial charge in [0.1, 0.15) is 24.3 Å². The monoisotopic (exact) mass is 403 g/mol. The number of hydrogen-bond acceptors (Lipinski definition) is 6. The van der Waals surface area contributed by atoms with Crippen molar-refractivity contribution >= 4 is 11.9 Å². The number of methoxy groups -OCH3 is 1. The molecule has 0 saturated heterocycles. The lowest BCUT2D eigenvalue weighted by Gasteiger charge is -2.08. The normalized spacial score (nSPS) is 10.6. The smallest absolute Gasteiger partial charge is 0.185 e. The Hall–Kier alpha value is -4.05. The van der Waals surface area contributed by atoms with Crippen molar-refractivity contribution in [3.05, 3.63) is 77.9 Å². The summed E-state index contributed by atoms with van der Waals surface area (Å²) in [6, 6.07) is 14.1. The summed E-state index contributed by atoms with van der Waals surface area (Å²) in [7, 11) is 3.42. The molecule has 0 spiro atoms. The molecule has 0 aliphatic rings. The maximum Gasteiger partial charge on any atom is 0.185 e. The molecule has 3 aromatic rings. The van der Waals surface area contributed by atoms with Gasteiger partial charge in [0.2, 0.25) is 0 Å². The third kappa shape index (κ3) is 5.26. The summed E-state index contributed by atoms with van der Waals surface area (Å²) < 4.78 is 18.2. The molecule has 0 unspecified atom stereocenters. The van der Waals surface area contributed by atoms with E-state index in [1.54, 1.807) is 54.7 Å². The molecule has 0 radical (unpaired) electrons. The van der Waals surface area contributed by atoms with E-state index in [9.17, 15) is 4.79 Å². The number of allylic oxidation sites excluding steroid dienone is 1. The summed E-state index contributed by atoms with van der Waals surface area (Å²) in [6.45, 7) is 0.290. The van der Waals surface area contributed by atoms with Crippen LogP contribution in [0.15, 0.2) is 60.9 Å². The van der Waals surface area contributed by atoms with E-state index in [1.165, 1.54) is 13.2 Å². The summed E-state index contributed by atoms with van der Waals surface area (Å²) in [6.07, 6.45) is 6.77. The largest absolute Gasteiger partial charge is 0.493 e. The van der Waals surface area contributed by atoms with E-state index in [-0.39, 0.29) is 12.4 Å². The predicted octanol–water partition coefficient (Wildman–Crippen LogP) is 3.81. The number of carbonyl (C=O) groups is 1. The summed E-state index contributed by atoms with van der Waals surface area (Å²) in [5.41, 5.74) is 1.33. The topological polar surface area (TPSA) is 86.4 Å². The van der Waals surface area contributed by atoms with Gasteiger partial charge in [-0.15, -0.1) is 0 Å². The molecular formula is C23H21N3O4. The van der Waals surface area contributed by atoms with Crippen molar-refractivity contribution in [1.29, 1.82) is 5.26 Å². The highest BCUT2D eigenvalue weighted by molar-refractivity contribution is 6.06. The van der Waals surface area contributed by atoms with Gasteiger partial charge >= 0.3 is 0 Å². The standard InChI is InChI=1S/C23H21N3O4/c1-26-13-12-25-23(26)16-30-19-7-5-18(6-8-19)20(27)9-3-17-4-10-21(29-14-11-24)22(15-17)28-2/h3-10,12-13,15H,14,16H2,1-2H3/b9-3+. The minimum atomic E-state index is -0.130. The van der Waals surface area contributed by atoms with Crippen LogP contribution in [0.25, 0.3) is 6.08 Å². The van der Waals surface area contributed by atoms with E-state index in [0.717, 1.165) is 11.4 Å². The highest BCUT2D eigenvalue weighted by atomic mass is 16.5. The Bertz CT molecular complexity index is 1080. The van der Waals surface area contributed by atoms with Crippen molar-refractivity contribution in [2.24, 2.45) is 7.05 Å². The number of carbonyl (C=O) groups excluding carboxylic acids is 1. The third-order valence-electron chi connectivity index (χ3n) is 4.33. The maximum absolute atomic E-state index is 12.4. The van der Waals surface area contributed by atoms with Crippen LogP contribution in [-0.4, -0.2) is 29.1 Å². The number of aryl methyl sites for hydroxylation is 1. The van der Waals surface area contributed by atoms with Crippen molar-refractivity contribution < 1.29 is 19.0 Å². The lowest BCUT2D eigenvalue weighted by molar-refractivity contribution is 0.104. The van der Waals surface area contributed by atoms with Crippen LogP contribution in [0.3, 0.4) is 0 Å². The van der Waals surface area contributed by atoms with E-state index >= 15 is 0 Å². The van der Waals surface area contributed by atoms with Gasteiger partial charge < -0.3 is 18.8 Å². The lowest BCUT2D eigenvalue weighted by Crippen LogP contribution is -2.03. The zero-order valence-electron chi connectivity index (χ0n) is 16.7. The number of imidazole rings is 1. The van der Waals surface area contributed by atoms with E-state index in [2.05, 4.69) is 4.98 Å². The van der Waals surface area contributed by atoms with Crippen LogP contribution in [0.1, 0.15) is 21.7 Å². The molecule has 7 heteroatoms. The van der Waals surface area contributed by atoms with Gasteiger partial charge in [0.25, 0.3) is 0 Å². The number of ether oxygens (including phenoxy) is 3. The van der Waals surface area contributed by atoms with Crippen LogP contribution in [0.5, 0.6) is 17.2 Å². The van der Waals surface area contributed by atoms with Crippen molar-refractivity contribution in [3.63, 3.8) is 0 Å². The molecule has 0 aliphatic heterocycles. The molecule has 2 aromatic carbocycles.